The fourth-order valence-corrected chi connectivity index (χ4v) is 17.5. The first-order valence-corrected chi connectivity index (χ1v) is 37.6. The number of benzene rings is 14. The molecule has 18 rings (SSSR count). The number of hydrogen-bond acceptors (Lipinski definition) is 2. The molecule has 3 heterocycles. The van der Waals surface area contributed by atoms with Crippen LogP contribution in [0.3, 0.4) is 0 Å². The van der Waals surface area contributed by atoms with Crippen LogP contribution in [0.4, 0.5) is 34.1 Å². The van der Waals surface area contributed by atoms with E-state index in [-0.39, 0.29) is 28.4 Å². The van der Waals surface area contributed by atoms with Crippen LogP contribution in [0, 0.1) is 0 Å². The third kappa shape index (κ3) is 10.8. The highest BCUT2D eigenvalue weighted by Gasteiger charge is 2.51. The Morgan fingerprint density at radius 1 is 0.257 bits per heavy atom. The van der Waals surface area contributed by atoms with Gasteiger partial charge in [-0.3, -0.25) is 0 Å². The van der Waals surface area contributed by atoms with Gasteiger partial charge in [0.25, 0.3) is 6.71 Å². The zero-order valence-corrected chi connectivity index (χ0v) is 62.4. The molecule has 0 fully saturated rings. The van der Waals surface area contributed by atoms with Crippen LogP contribution in [0.1, 0.15) is 128 Å². The van der Waals surface area contributed by atoms with Gasteiger partial charge in [0.2, 0.25) is 0 Å². The predicted molar refractivity (Wildman–Crippen MR) is 449 cm³/mol. The van der Waals surface area contributed by atoms with E-state index in [4.69, 9.17) is 0 Å². The summed E-state index contributed by atoms with van der Waals surface area (Å²) in [5, 5.41) is 2.50. The molecule has 0 saturated carbocycles. The van der Waals surface area contributed by atoms with E-state index in [2.05, 4.69) is 413 Å². The van der Waals surface area contributed by atoms with Crippen molar-refractivity contribution in [3.05, 3.63) is 360 Å². The first-order chi connectivity index (χ1) is 50.6. The number of aromatic nitrogens is 1. The van der Waals surface area contributed by atoms with Crippen LogP contribution < -0.4 is 26.2 Å². The van der Waals surface area contributed by atoms with Crippen LogP contribution in [-0.4, -0.2) is 11.3 Å². The van der Waals surface area contributed by atoms with Crippen LogP contribution in [0.15, 0.2) is 315 Å². The zero-order chi connectivity index (χ0) is 72.1. The highest BCUT2D eigenvalue weighted by Crippen LogP contribution is 2.59. The maximum Gasteiger partial charge on any atom is 0.252 e. The molecular weight excluding hydrogens is 1270 g/mol. The molecule has 1 aliphatic carbocycles. The molecule has 15 aromatic rings. The summed E-state index contributed by atoms with van der Waals surface area (Å²) in [7, 11) is 0. The van der Waals surface area contributed by atoms with Gasteiger partial charge < -0.3 is 14.4 Å². The van der Waals surface area contributed by atoms with Gasteiger partial charge in [0, 0.05) is 44.8 Å². The average molecular weight is 1350 g/mol. The molecule has 0 N–H and O–H groups in total. The number of anilines is 6. The van der Waals surface area contributed by atoms with Gasteiger partial charge in [-0.05, 0) is 205 Å². The molecule has 0 amide bonds. The highest BCUT2D eigenvalue weighted by atomic mass is 15.2. The molecule has 0 radical (unpaired) electrons. The van der Waals surface area contributed by atoms with Crippen molar-refractivity contribution in [2.45, 2.75) is 110 Å². The lowest BCUT2D eigenvalue weighted by Gasteiger charge is -2.45. The summed E-state index contributed by atoms with van der Waals surface area (Å²) in [5.41, 5.74) is 35.0. The third-order valence-electron chi connectivity index (χ3n) is 23.0. The van der Waals surface area contributed by atoms with Gasteiger partial charge in [-0.2, -0.15) is 0 Å². The summed E-state index contributed by atoms with van der Waals surface area (Å²) in [6, 6.07) is 122. The van der Waals surface area contributed by atoms with Gasteiger partial charge in [-0.1, -0.05) is 326 Å². The summed E-state index contributed by atoms with van der Waals surface area (Å²) < 4.78 is 2.60. The second kappa shape index (κ2) is 24.3. The van der Waals surface area contributed by atoms with E-state index in [1.54, 1.807) is 0 Å². The Bertz CT molecular complexity index is 5740. The van der Waals surface area contributed by atoms with Crippen LogP contribution >= 0.6 is 0 Å². The number of hydrogen-bond donors (Lipinski definition) is 0. The van der Waals surface area contributed by atoms with E-state index in [1.807, 2.05) is 0 Å². The number of nitrogens with zero attached hydrogens (tertiary/aromatic N) is 3. The molecule has 3 aliphatic rings. The molecule has 14 aromatic carbocycles. The molecule has 4 heteroatoms. The molecule has 0 bridgehead atoms. The summed E-state index contributed by atoms with van der Waals surface area (Å²) in [5.74, 6) is 0. The summed E-state index contributed by atoms with van der Waals surface area (Å²) >= 11 is 0. The Balaban J connectivity index is 1.04. The molecule has 1 aromatic heterocycles. The van der Waals surface area contributed by atoms with Crippen LogP contribution in [-0.2, 0) is 27.1 Å². The predicted octanol–water partition coefficient (Wildman–Crippen LogP) is 25.1. The topological polar surface area (TPSA) is 11.4 Å². The van der Waals surface area contributed by atoms with Crippen molar-refractivity contribution in [2.75, 3.05) is 9.80 Å². The Morgan fingerprint density at radius 3 is 1.25 bits per heavy atom. The Morgan fingerprint density at radius 2 is 0.714 bits per heavy atom. The van der Waals surface area contributed by atoms with Crippen molar-refractivity contribution in [3.63, 3.8) is 0 Å². The maximum atomic E-state index is 2.69. The summed E-state index contributed by atoms with van der Waals surface area (Å²) in [4.78, 5) is 5.37. The highest BCUT2D eigenvalue weighted by molar-refractivity contribution is 7.00. The zero-order valence-electron chi connectivity index (χ0n) is 62.4. The second-order valence-corrected chi connectivity index (χ2v) is 33.7. The lowest BCUT2D eigenvalue weighted by atomic mass is 9.33. The van der Waals surface area contributed by atoms with Crippen LogP contribution in [0.2, 0.25) is 0 Å². The van der Waals surface area contributed by atoms with E-state index in [9.17, 15) is 0 Å². The molecule has 3 nitrogen and oxygen atoms in total. The molecule has 0 unspecified atom stereocenters. The molecular formula is C101H88BN3. The monoisotopic (exact) mass is 1350 g/mol. The lowest BCUT2D eigenvalue weighted by molar-refractivity contribution is 0.569. The van der Waals surface area contributed by atoms with Gasteiger partial charge in [0.05, 0.1) is 27.8 Å². The summed E-state index contributed by atoms with van der Waals surface area (Å²) in [6.07, 6.45) is 0. The smallest absolute Gasteiger partial charge is 0.252 e. The fraction of sp³-hybridized carbons (Fsp3) is 0.168. The normalized spacial score (nSPS) is 13.7. The quantitative estimate of drug-likeness (QED) is 0.133. The van der Waals surface area contributed by atoms with Crippen molar-refractivity contribution in [1.29, 1.82) is 0 Å². The van der Waals surface area contributed by atoms with Gasteiger partial charge in [-0.15, -0.1) is 0 Å². The Kier molecular flexibility index (Phi) is 15.2. The minimum absolute atomic E-state index is 0.0835. The first kappa shape index (κ1) is 65.6. The summed E-state index contributed by atoms with van der Waals surface area (Å²) in [6.45, 7) is 27.9. The van der Waals surface area contributed by atoms with E-state index in [0.717, 1.165) is 73.2 Å². The number of para-hydroxylation sites is 1. The molecule has 2 aliphatic heterocycles. The van der Waals surface area contributed by atoms with Gasteiger partial charge in [-0.25, -0.2) is 0 Å². The van der Waals surface area contributed by atoms with Crippen molar-refractivity contribution >= 4 is 79.0 Å². The standard InChI is InChI=1S/C101H88BN3/c1-97(2,3)74-47-50-90-83(59-74)84-60-75(98(4,5)6)48-51-91(84)103(90)79-61-94-96-95(62-79)105(89-45-31-29-42-80(89)67-36-22-15-23-37-67)92-57-68(71-53-76(99(7,8)9)58-77(54-71)100(10,11)12)46-49-87(92)102(96)88-64-86-82(81-43-28-30-44-85(81)101(86,72-38-24-16-25-39-72)73-40-26-17-27-41-73)63-93(88)104(94)78-55-69(65-32-18-13-19-33-65)52-70(56-78)66-34-20-14-21-35-66/h13-64H,1-12H3. The van der Waals surface area contributed by atoms with Crippen molar-refractivity contribution in [2.24, 2.45) is 0 Å². The molecule has 105 heavy (non-hydrogen) atoms. The van der Waals surface area contributed by atoms with Crippen molar-refractivity contribution < 1.29 is 0 Å². The molecule has 0 saturated heterocycles. The Labute approximate surface area is 620 Å². The van der Waals surface area contributed by atoms with E-state index in [0.29, 0.717) is 0 Å². The SMILES string of the molecule is CC(C)(C)c1cc(-c2ccc3c(c2)N(c2ccccc2-c2ccccc2)c2cc(-n4c5ccc(C(C)(C)C)cc5c5cc(C(C)(C)C)ccc54)cc4c2B3c2cc3c(cc2N4c2cc(-c4ccccc4)cc(-c4ccccc4)c2)-c2ccccc2C3(c2ccccc2)c2ccccc2)cc(C(C)(C)C)c1. The van der Waals surface area contributed by atoms with Gasteiger partial charge in [0.1, 0.15) is 0 Å². The van der Waals surface area contributed by atoms with E-state index < -0.39 is 5.41 Å². The number of rotatable bonds is 9. The third-order valence-corrected chi connectivity index (χ3v) is 23.0. The molecule has 0 spiro atoms. The number of fused-ring (bicyclic) bond motifs is 10. The molecule has 510 valence electrons. The minimum Gasteiger partial charge on any atom is -0.311 e. The van der Waals surface area contributed by atoms with Crippen LogP contribution in [0.5, 0.6) is 0 Å². The largest absolute Gasteiger partial charge is 0.311 e. The van der Waals surface area contributed by atoms with Crippen molar-refractivity contribution in [3.8, 4) is 61.3 Å². The molecule has 0 atom stereocenters. The fourth-order valence-electron chi connectivity index (χ4n) is 17.5. The van der Waals surface area contributed by atoms with Crippen molar-refractivity contribution in [1.82, 2.24) is 4.57 Å². The first-order valence-electron chi connectivity index (χ1n) is 37.6. The van der Waals surface area contributed by atoms with Gasteiger partial charge >= 0.3 is 0 Å². The van der Waals surface area contributed by atoms with E-state index >= 15 is 0 Å². The van der Waals surface area contributed by atoms with Crippen LogP contribution in [0.25, 0.3) is 83.1 Å². The minimum atomic E-state index is -0.671. The van der Waals surface area contributed by atoms with Gasteiger partial charge in [0.15, 0.2) is 0 Å². The van der Waals surface area contributed by atoms with E-state index in [1.165, 1.54) is 105 Å². The lowest BCUT2D eigenvalue weighted by Crippen LogP contribution is -2.61. The average Bonchev–Trinajstić information content (AvgIpc) is 1.65. The maximum absolute atomic E-state index is 2.69. The second-order valence-electron chi connectivity index (χ2n) is 33.7. The Hall–Kier alpha value is -11.5.